The van der Waals surface area contributed by atoms with Crippen LogP contribution in [0.4, 0.5) is 10.3 Å². The first-order chi connectivity index (χ1) is 8.95. The van der Waals surface area contributed by atoms with Crippen LogP contribution in [-0.4, -0.2) is 21.0 Å². The maximum absolute atomic E-state index is 13.1. The summed E-state index contributed by atoms with van der Waals surface area (Å²) in [6.45, 7) is 3.54. The molecule has 2 N–H and O–H groups in total. The number of phenolic OH excluding ortho intramolecular Hbond substituents is 1. The first kappa shape index (κ1) is 12.9. The smallest absolute Gasteiger partial charge is 0.261 e. The summed E-state index contributed by atoms with van der Waals surface area (Å²) in [7, 11) is 0. The number of aromatic nitrogens is 2. The average Bonchev–Trinajstić information content (AvgIpc) is 2.30. The molecule has 2 rings (SSSR count). The van der Waals surface area contributed by atoms with Gasteiger partial charge in [0.15, 0.2) is 0 Å². The van der Waals surface area contributed by atoms with Gasteiger partial charge in [0.25, 0.3) is 5.91 Å². The van der Waals surface area contributed by atoms with Crippen molar-refractivity contribution in [1.29, 1.82) is 0 Å². The fraction of sp³-hybridized carbons (Fsp3) is 0.154. The zero-order valence-electron chi connectivity index (χ0n) is 10.4. The van der Waals surface area contributed by atoms with Gasteiger partial charge in [0.1, 0.15) is 11.6 Å². The standard InChI is InChI=1S/C13H12FN3O2/c1-7-5-8(2)16-13(15-7)17-12(19)10-6-9(14)3-4-11(10)18/h3-6,18H,1-2H3,(H,15,16,17,19). The molecule has 0 saturated heterocycles. The Labute approximate surface area is 109 Å². The molecule has 1 heterocycles. The monoisotopic (exact) mass is 261 g/mol. The molecule has 6 heteroatoms. The number of nitrogens with one attached hydrogen (secondary N) is 1. The van der Waals surface area contributed by atoms with Gasteiger partial charge in [0.05, 0.1) is 5.56 Å². The third-order valence-electron chi connectivity index (χ3n) is 2.41. The van der Waals surface area contributed by atoms with Crippen LogP contribution in [0.5, 0.6) is 5.75 Å². The molecule has 0 aliphatic carbocycles. The quantitative estimate of drug-likeness (QED) is 0.868. The lowest BCUT2D eigenvalue weighted by molar-refractivity contribution is 0.102. The van der Waals surface area contributed by atoms with Crippen LogP contribution in [0.3, 0.4) is 0 Å². The molecular weight excluding hydrogens is 249 g/mol. The van der Waals surface area contributed by atoms with E-state index in [9.17, 15) is 14.3 Å². The van der Waals surface area contributed by atoms with Gasteiger partial charge in [-0.2, -0.15) is 0 Å². The number of hydrogen-bond donors (Lipinski definition) is 2. The number of aromatic hydroxyl groups is 1. The van der Waals surface area contributed by atoms with Crippen LogP contribution in [0.15, 0.2) is 24.3 Å². The number of aryl methyl sites for hydroxylation is 2. The largest absolute Gasteiger partial charge is 0.507 e. The molecule has 1 aromatic heterocycles. The summed E-state index contributed by atoms with van der Waals surface area (Å²) >= 11 is 0. The molecule has 0 unspecified atom stereocenters. The number of amides is 1. The van der Waals surface area contributed by atoms with Crippen LogP contribution in [0, 0.1) is 19.7 Å². The van der Waals surface area contributed by atoms with Crippen molar-refractivity contribution in [2.24, 2.45) is 0 Å². The Kier molecular flexibility index (Phi) is 3.41. The molecule has 2 aromatic rings. The Balaban J connectivity index is 2.28. The van der Waals surface area contributed by atoms with Crippen molar-refractivity contribution < 1.29 is 14.3 Å². The highest BCUT2D eigenvalue weighted by atomic mass is 19.1. The second-order valence-corrected chi connectivity index (χ2v) is 4.09. The molecular formula is C13H12FN3O2. The summed E-state index contributed by atoms with van der Waals surface area (Å²) in [6, 6.07) is 4.90. The number of halogens is 1. The number of carbonyl (C=O) groups is 1. The van der Waals surface area contributed by atoms with E-state index in [-0.39, 0.29) is 17.3 Å². The van der Waals surface area contributed by atoms with Crippen LogP contribution >= 0.6 is 0 Å². The molecule has 0 aliphatic rings. The third kappa shape index (κ3) is 3.04. The van der Waals surface area contributed by atoms with Crippen LogP contribution in [0.2, 0.25) is 0 Å². The van der Waals surface area contributed by atoms with E-state index >= 15 is 0 Å². The van der Waals surface area contributed by atoms with Crippen molar-refractivity contribution in [3.63, 3.8) is 0 Å². The van der Waals surface area contributed by atoms with E-state index in [0.29, 0.717) is 11.4 Å². The second-order valence-electron chi connectivity index (χ2n) is 4.09. The predicted molar refractivity (Wildman–Crippen MR) is 67.5 cm³/mol. The summed E-state index contributed by atoms with van der Waals surface area (Å²) in [6.07, 6.45) is 0. The van der Waals surface area contributed by atoms with E-state index in [1.807, 2.05) is 0 Å². The first-order valence-corrected chi connectivity index (χ1v) is 5.58. The molecule has 19 heavy (non-hydrogen) atoms. The minimum Gasteiger partial charge on any atom is -0.507 e. The van der Waals surface area contributed by atoms with Crippen LogP contribution in [0.25, 0.3) is 0 Å². The number of phenols is 1. The Morgan fingerprint density at radius 2 is 1.84 bits per heavy atom. The average molecular weight is 261 g/mol. The van der Waals surface area contributed by atoms with Gasteiger partial charge in [-0.15, -0.1) is 0 Å². The molecule has 1 aromatic carbocycles. The van der Waals surface area contributed by atoms with Gasteiger partial charge >= 0.3 is 0 Å². The van der Waals surface area contributed by atoms with Crippen LogP contribution < -0.4 is 5.32 Å². The summed E-state index contributed by atoms with van der Waals surface area (Å²) in [5.41, 5.74) is 1.24. The highest BCUT2D eigenvalue weighted by Gasteiger charge is 2.13. The van der Waals surface area contributed by atoms with Crippen molar-refractivity contribution >= 4 is 11.9 Å². The van der Waals surface area contributed by atoms with Gasteiger partial charge in [-0.1, -0.05) is 0 Å². The summed E-state index contributed by atoms with van der Waals surface area (Å²) in [5, 5.41) is 11.9. The molecule has 1 amide bonds. The maximum Gasteiger partial charge on any atom is 0.261 e. The lowest BCUT2D eigenvalue weighted by atomic mass is 10.2. The number of anilines is 1. The van der Waals surface area contributed by atoms with Gasteiger partial charge in [-0.05, 0) is 38.1 Å². The Morgan fingerprint density at radius 3 is 2.47 bits per heavy atom. The first-order valence-electron chi connectivity index (χ1n) is 5.58. The normalized spacial score (nSPS) is 10.3. The topological polar surface area (TPSA) is 75.1 Å². The molecule has 0 fully saturated rings. The van der Waals surface area contributed by atoms with Crippen molar-refractivity contribution in [2.45, 2.75) is 13.8 Å². The molecule has 0 bridgehead atoms. The molecule has 98 valence electrons. The van der Waals surface area contributed by atoms with Crippen molar-refractivity contribution in [1.82, 2.24) is 9.97 Å². The van der Waals surface area contributed by atoms with E-state index in [1.165, 1.54) is 0 Å². The van der Waals surface area contributed by atoms with E-state index in [1.54, 1.807) is 19.9 Å². The predicted octanol–water partition coefficient (Wildman–Crippen LogP) is 2.19. The summed E-state index contributed by atoms with van der Waals surface area (Å²) in [4.78, 5) is 20.0. The van der Waals surface area contributed by atoms with Gasteiger partial charge in [-0.3, -0.25) is 10.1 Å². The van der Waals surface area contributed by atoms with Gasteiger partial charge < -0.3 is 5.11 Å². The number of carbonyl (C=O) groups excluding carboxylic acids is 1. The molecule has 0 aliphatic heterocycles. The third-order valence-corrected chi connectivity index (χ3v) is 2.41. The van der Waals surface area contributed by atoms with E-state index in [4.69, 9.17) is 0 Å². The van der Waals surface area contributed by atoms with Gasteiger partial charge in [-0.25, -0.2) is 14.4 Å². The Hall–Kier alpha value is -2.50. The maximum atomic E-state index is 13.1. The SMILES string of the molecule is Cc1cc(C)nc(NC(=O)c2cc(F)ccc2O)n1. The van der Waals surface area contributed by atoms with E-state index < -0.39 is 11.7 Å². The number of nitrogens with zero attached hydrogens (tertiary/aromatic N) is 2. The minimum atomic E-state index is -0.665. The highest BCUT2D eigenvalue weighted by molar-refractivity contribution is 6.05. The molecule has 0 radical (unpaired) electrons. The fourth-order valence-corrected chi connectivity index (χ4v) is 1.64. The van der Waals surface area contributed by atoms with Crippen LogP contribution in [0.1, 0.15) is 21.7 Å². The van der Waals surface area contributed by atoms with E-state index in [0.717, 1.165) is 18.2 Å². The fourth-order valence-electron chi connectivity index (χ4n) is 1.64. The summed E-state index contributed by atoms with van der Waals surface area (Å²) in [5.74, 6) is -1.46. The second kappa shape index (κ2) is 5.01. The zero-order valence-corrected chi connectivity index (χ0v) is 10.4. The minimum absolute atomic E-state index is 0.117. The van der Waals surface area contributed by atoms with Crippen molar-refractivity contribution in [2.75, 3.05) is 5.32 Å². The molecule has 0 spiro atoms. The molecule has 0 atom stereocenters. The Morgan fingerprint density at radius 1 is 1.21 bits per heavy atom. The highest BCUT2D eigenvalue weighted by Crippen LogP contribution is 2.18. The van der Waals surface area contributed by atoms with Gasteiger partial charge in [0, 0.05) is 11.4 Å². The number of rotatable bonds is 2. The van der Waals surface area contributed by atoms with Crippen LogP contribution in [-0.2, 0) is 0 Å². The molecule has 5 nitrogen and oxygen atoms in total. The van der Waals surface area contributed by atoms with Gasteiger partial charge in [0.2, 0.25) is 5.95 Å². The lowest BCUT2D eigenvalue weighted by Crippen LogP contribution is -2.15. The number of hydrogen-bond acceptors (Lipinski definition) is 4. The lowest BCUT2D eigenvalue weighted by Gasteiger charge is -2.07. The number of benzene rings is 1. The summed E-state index contributed by atoms with van der Waals surface area (Å²) < 4.78 is 13.1. The molecule has 0 saturated carbocycles. The van der Waals surface area contributed by atoms with E-state index in [2.05, 4.69) is 15.3 Å². The van der Waals surface area contributed by atoms with Crippen molar-refractivity contribution in [3.05, 3.63) is 47.0 Å². The van der Waals surface area contributed by atoms with Crippen molar-refractivity contribution in [3.8, 4) is 5.75 Å². The Bertz CT molecular complexity index is 624. The zero-order chi connectivity index (χ0) is 14.0.